The van der Waals surface area contributed by atoms with Crippen LogP contribution in [-0.4, -0.2) is 22.2 Å². The molecule has 444 valence electrons. The predicted octanol–water partition coefficient (Wildman–Crippen LogP) is 25.6. The molecule has 0 radical (unpaired) electrons. The summed E-state index contributed by atoms with van der Waals surface area (Å²) in [6.07, 6.45) is 82.7. The zero-order valence-corrected chi connectivity index (χ0v) is 51.7. The Labute approximate surface area is 467 Å². The Hall–Kier alpha value is -1.06. The van der Waals surface area contributed by atoms with Gasteiger partial charge in [-0.15, -0.1) is 0 Å². The van der Waals surface area contributed by atoms with Gasteiger partial charge in [0.2, 0.25) is 0 Å². The first-order valence-corrected chi connectivity index (χ1v) is 34.9. The quantitative estimate of drug-likeness (QED) is 0.0595. The van der Waals surface area contributed by atoms with E-state index in [0.717, 1.165) is 51.4 Å². The molecule has 2 atom stereocenters. The van der Waals surface area contributed by atoms with Crippen LogP contribution in [0.25, 0.3) is 0 Å². The number of rotatable bonds is 64. The molecule has 0 heterocycles. The highest BCUT2D eigenvalue weighted by molar-refractivity contribution is 5.70. The largest absolute Gasteiger partial charge is 0.481 e. The molecule has 0 rings (SSSR count). The van der Waals surface area contributed by atoms with Gasteiger partial charge < -0.3 is 10.2 Å². The summed E-state index contributed by atoms with van der Waals surface area (Å²) in [5.41, 5.74) is 0. The maximum atomic E-state index is 11.7. The first kappa shape index (κ1) is 75.0. The maximum Gasteiger partial charge on any atom is 0.306 e. The van der Waals surface area contributed by atoms with Gasteiger partial charge in [0, 0.05) is 0 Å². The first-order chi connectivity index (χ1) is 36.4. The Morgan fingerprint density at radius 3 is 0.378 bits per heavy atom. The van der Waals surface area contributed by atoms with Crippen molar-refractivity contribution in [3.05, 3.63) is 0 Å². The van der Waals surface area contributed by atoms with Crippen LogP contribution in [0.1, 0.15) is 426 Å². The Morgan fingerprint density at radius 1 is 0.189 bits per heavy atom. The van der Waals surface area contributed by atoms with E-state index in [0.29, 0.717) is 0 Å². The third-order valence-electron chi connectivity index (χ3n) is 16.8. The van der Waals surface area contributed by atoms with Crippen LogP contribution in [0.5, 0.6) is 0 Å². The number of aliphatic carboxylic acids is 2. The summed E-state index contributed by atoms with van der Waals surface area (Å²) in [5, 5.41) is 19.2. The Bertz CT molecular complexity index is 1030. The average Bonchev–Trinajstić information content (AvgIpc) is 3.39. The number of hydrogen-bond acceptors (Lipinski definition) is 2. The van der Waals surface area contributed by atoms with E-state index in [2.05, 4.69) is 27.7 Å². The van der Waals surface area contributed by atoms with Crippen LogP contribution in [0.15, 0.2) is 0 Å². The summed E-state index contributed by atoms with van der Waals surface area (Å²) in [7, 11) is 0. The first-order valence-electron chi connectivity index (χ1n) is 34.9. The molecule has 0 bridgehead atoms. The van der Waals surface area contributed by atoms with E-state index in [4.69, 9.17) is 0 Å². The molecule has 4 nitrogen and oxygen atoms in total. The molecule has 0 spiro atoms. The SMILES string of the molecule is CCCCCCCCCCCCCCCCCCC(CCCCCCCCCCCCCC)C(=O)O.CCCCCCCCCCCCCCCCCCC(CCCCCCCCCCCCCCCC)C(=O)O. The maximum absolute atomic E-state index is 11.7. The third-order valence-corrected chi connectivity index (χ3v) is 16.8. The molecule has 0 saturated carbocycles. The van der Waals surface area contributed by atoms with Gasteiger partial charge in [-0.2, -0.15) is 0 Å². The van der Waals surface area contributed by atoms with Crippen molar-refractivity contribution >= 4 is 11.9 Å². The predicted molar refractivity (Wildman–Crippen MR) is 331 cm³/mol. The second kappa shape index (κ2) is 68.0. The van der Waals surface area contributed by atoms with E-state index in [1.54, 1.807) is 0 Å². The number of hydrogen-bond donors (Lipinski definition) is 2. The van der Waals surface area contributed by atoms with Gasteiger partial charge in [-0.05, 0) is 25.7 Å². The molecule has 74 heavy (non-hydrogen) atoms. The van der Waals surface area contributed by atoms with Gasteiger partial charge in [0.15, 0.2) is 0 Å². The van der Waals surface area contributed by atoms with Crippen molar-refractivity contribution < 1.29 is 19.8 Å². The fourth-order valence-electron chi connectivity index (χ4n) is 11.5. The second-order valence-corrected chi connectivity index (χ2v) is 24.3. The van der Waals surface area contributed by atoms with Crippen LogP contribution < -0.4 is 0 Å². The van der Waals surface area contributed by atoms with Crippen LogP contribution in [0.3, 0.4) is 0 Å². The Morgan fingerprint density at radius 2 is 0.284 bits per heavy atom. The van der Waals surface area contributed by atoms with E-state index in [1.165, 1.54) is 347 Å². The van der Waals surface area contributed by atoms with Crippen molar-refractivity contribution in [2.45, 2.75) is 426 Å². The number of carboxylic acid groups (broad SMARTS) is 2. The highest BCUT2D eigenvalue weighted by Crippen LogP contribution is 2.23. The van der Waals surface area contributed by atoms with Crippen molar-refractivity contribution in [2.24, 2.45) is 11.8 Å². The lowest BCUT2D eigenvalue weighted by molar-refractivity contribution is -0.143. The van der Waals surface area contributed by atoms with Crippen LogP contribution in [0, 0.1) is 11.8 Å². The lowest BCUT2D eigenvalue weighted by atomic mass is 9.94. The lowest BCUT2D eigenvalue weighted by Crippen LogP contribution is -2.13. The van der Waals surface area contributed by atoms with Crippen molar-refractivity contribution in [3.8, 4) is 0 Å². The van der Waals surface area contributed by atoms with Gasteiger partial charge in [0.05, 0.1) is 11.8 Å². The zero-order valence-electron chi connectivity index (χ0n) is 51.7. The van der Waals surface area contributed by atoms with Gasteiger partial charge in [-0.3, -0.25) is 9.59 Å². The summed E-state index contributed by atoms with van der Waals surface area (Å²) in [4.78, 5) is 23.3. The number of carbonyl (C=O) groups is 2. The zero-order chi connectivity index (χ0) is 54.2. The molecule has 0 aromatic carbocycles. The third kappa shape index (κ3) is 65.2. The minimum Gasteiger partial charge on any atom is -0.481 e. The molecule has 0 aromatic rings. The van der Waals surface area contributed by atoms with Crippen molar-refractivity contribution in [1.82, 2.24) is 0 Å². The topological polar surface area (TPSA) is 74.6 Å². The van der Waals surface area contributed by atoms with Crippen LogP contribution >= 0.6 is 0 Å². The fourth-order valence-corrected chi connectivity index (χ4v) is 11.5. The summed E-state index contributed by atoms with van der Waals surface area (Å²) < 4.78 is 0. The normalized spacial score (nSPS) is 12.3. The molecule has 4 heteroatoms. The van der Waals surface area contributed by atoms with Gasteiger partial charge in [0.25, 0.3) is 0 Å². The van der Waals surface area contributed by atoms with Crippen LogP contribution in [-0.2, 0) is 9.59 Å². The fraction of sp³-hybridized carbons (Fsp3) is 0.971. The Balaban J connectivity index is 0. The average molecular weight is 1050 g/mol. The molecule has 0 fully saturated rings. The highest BCUT2D eigenvalue weighted by atomic mass is 16.4. The van der Waals surface area contributed by atoms with E-state index in [-0.39, 0.29) is 11.8 Å². The van der Waals surface area contributed by atoms with Crippen LogP contribution in [0.4, 0.5) is 0 Å². The van der Waals surface area contributed by atoms with Crippen molar-refractivity contribution in [1.29, 1.82) is 0 Å². The van der Waals surface area contributed by atoms with Crippen molar-refractivity contribution in [3.63, 3.8) is 0 Å². The molecule has 2 unspecified atom stereocenters. The van der Waals surface area contributed by atoms with E-state index < -0.39 is 11.9 Å². The minimum atomic E-state index is -0.556. The van der Waals surface area contributed by atoms with E-state index >= 15 is 0 Å². The molecule has 0 aliphatic carbocycles. The number of carboxylic acids is 2. The molecule has 0 aliphatic rings. The summed E-state index contributed by atoms with van der Waals surface area (Å²) in [6, 6.07) is 0. The molecular formula is C70H140O4. The summed E-state index contributed by atoms with van der Waals surface area (Å²) in [5.74, 6) is -1.31. The highest BCUT2D eigenvalue weighted by Gasteiger charge is 2.17. The van der Waals surface area contributed by atoms with E-state index in [9.17, 15) is 19.8 Å². The van der Waals surface area contributed by atoms with Gasteiger partial charge >= 0.3 is 11.9 Å². The summed E-state index contributed by atoms with van der Waals surface area (Å²) in [6.45, 7) is 9.14. The van der Waals surface area contributed by atoms with Gasteiger partial charge in [-0.25, -0.2) is 0 Å². The molecule has 0 aliphatic heterocycles. The molecule has 0 saturated heterocycles. The molecule has 2 N–H and O–H groups in total. The van der Waals surface area contributed by atoms with Gasteiger partial charge in [0.1, 0.15) is 0 Å². The lowest BCUT2D eigenvalue weighted by Gasteiger charge is -2.12. The van der Waals surface area contributed by atoms with Crippen LogP contribution in [0.2, 0.25) is 0 Å². The summed E-state index contributed by atoms with van der Waals surface area (Å²) >= 11 is 0. The van der Waals surface area contributed by atoms with Gasteiger partial charge in [-0.1, -0.05) is 400 Å². The standard InChI is InChI=1S/C36H72O2.C34H68O2/c1-3-5-7-9-11-13-15-17-19-20-22-24-26-28-30-32-34-35(36(37)38)33-31-29-27-25-23-21-18-16-14-12-10-8-6-4-2;1-3-5-7-9-11-13-15-17-18-19-20-22-24-26-28-30-32-33(34(35)36)31-29-27-25-23-21-16-14-12-10-8-6-4-2/h35H,3-34H2,1-2H3,(H,37,38);33H,3-32H2,1-2H3,(H,35,36). The Kier molecular flexibility index (Phi) is 69.0. The number of unbranched alkanes of at least 4 members (excludes halogenated alkanes) is 54. The molecular weight excluding hydrogens is 905 g/mol. The van der Waals surface area contributed by atoms with Crippen molar-refractivity contribution in [2.75, 3.05) is 0 Å². The van der Waals surface area contributed by atoms with E-state index in [1.807, 2.05) is 0 Å². The minimum absolute atomic E-state index is 0.0974. The smallest absolute Gasteiger partial charge is 0.306 e. The monoisotopic (exact) mass is 1050 g/mol. The molecule has 0 aromatic heterocycles. The molecule has 0 amide bonds. The second-order valence-electron chi connectivity index (χ2n) is 24.3.